The van der Waals surface area contributed by atoms with Gasteiger partial charge in [-0.3, -0.25) is 4.79 Å². The van der Waals surface area contributed by atoms with Gasteiger partial charge in [0.05, 0.1) is 18.1 Å². The second-order valence-corrected chi connectivity index (χ2v) is 3.95. The van der Waals surface area contributed by atoms with Crippen molar-refractivity contribution in [3.8, 4) is 5.75 Å². The number of methoxy groups -OCH3 is 1. The molecule has 0 amide bonds. The van der Waals surface area contributed by atoms with Crippen molar-refractivity contribution in [2.45, 2.75) is 0 Å². The lowest BCUT2D eigenvalue weighted by Gasteiger charge is -2.01. The molecule has 0 fully saturated rings. The van der Waals surface area contributed by atoms with Gasteiger partial charge in [-0.15, -0.1) is 0 Å². The van der Waals surface area contributed by atoms with E-state index in [4.69, 9.17) is 9.15 Å². The van der Waals surface area contributed by atoms with Crippen molar-refractivity contribution in [3.63, 3.8) is 0 Å². The summed E-state index contributed by atoms with van der Waals surface area (Å²) in [6, 6.07) is 5.02. The van der Waals surface area contributed by atoms with Gasteiger partial charge < -0.3 is 9.15 Å². The van der Waals surface area contributed by atoms with E-state index in [9.17, 15) is 4.79 Å². The minimum atomic E-state index is -0.169. The van der Waals surface area contributed by atoms with Crippen molar-refractivity contribution in [3.05, 3.63) is 46.6 Å². The summed E-state index contributed by atoms with van der Waals surface area (Å²) in [5, 5.41) is 6.70. The Labute approximate surface area is 112 Å². The van der Waals surface area contributed by atoms with Gasteiger partial charge in [-0.2, -0.15) is 10.1 Å². The van der Waals surface area contributed by atoms with E-state index < -0.39 is 0 Å². The van der Waals surface area contributed by atoms with Crippen molar-refractivity contribution in [1.82, 2.24) is 15.2 Å². The fraction of sp³-hybridized carbons (Fsp3) is 0.0769. The summed E-state index contributed by atoms with van der Waals surface area (Å²) in [6.45, 7) is 0. The molecule has 0 aliphatic rings. The molecular weight excluding hydrogens is 260 g/mol. The fourth-order valence-corrected chi connectivity index (χ4v) is 1.73. The lowest BCUT2D eigenvalue weighted by atomic mass is 10.2. The number of rotatable bonds is 3. The molecule has 0 saturated heterocycles. The highest BCUT2D eigenvalue weighted by molar-refractivity contribution is 5.87. The molecule has 0 aliphatic heterocycles. The summed E-state index contributed by atoms with van der Waals surface area (Å²) < 4.78 is 10.5. The molecule has 1 aromatic carbocycles. The molecule has 0 unspecified atom stereocenters. The van der Waals surface area contributed by atoms with Crippen LogP contribution in [0.4, 0.5) is 5.95 Å². The first-order chi connectivity index (χ1) is 9.78. The minimum absolute atomic E-state index is 0.169. The summed E-state index contributed by atoms with van der Waals surface area (Å²) in [5.41, 5.74) is 0.627. The topological polar surface area (TPSA) is 93.4 Å². The number of aliphatic imine (C=N–C) groups is 1. The summed E-state index contributed by atoms with van der Waals surface area (Å²) >= 11 is 0. The smallest absolute Gasteiger partial charge is 0.245 e. The molecule has 20 heavy (non-hydrogen) atoms. The maximum atomic E-state index is 12.2. The SMILES string of the molecule is COc1ccc2c(=O)c(/C=N/c3ncn[nH]3)coc2c1. The molecule has 2 heterocycles. The highest BCUT2D eigenvalue weighted by Gasteiger charge is 2.06. The first-order valence-electron chi connectivity index (χ1n) is 5.77. The molecule has 100 valence electrons. The number of aromatic nitrogens is 3. The first-order valence-corrected chi connectivity index (χ1v) is 5.77. The summed E-state index contributed by atoms with van der Waals surface area (Å²) in [5.74, 6) is 0.947. The molecule has 7 nitrogen and oxygen atoms in total. The summed E-state index contributed by atoms with van der Waals surface area (Å²) in [4.78, 5) is 20.1. The second-order valence-electron chi connectivity index (χ2n) is 3.95. The van der Waals surface area contributed by atoms with Gasteiger partial charge in [0.15, 0.2) is 0 Å². The predicted molar refractivity (Wildman–Crippen MR) is 72.7 cm³/mol. The van der Waals surface area contributed by atoms with Gasteiger partial charge in [0.2, 0.25) is 11.4 Å². The third-order valence-corrected chi connectivity index (χ3v) is 2.74. The number of hydrogen-bond acceptors (Lipinski definition) is 6. The molecule has 3 aromatic rings. The van der Waals surface area contributed by atoms with Crippen molar-refractivity contribution in [2.75, 3.05) is 7.11 Å². The Morgan fingerprint density at radius 1 is 1.45 bits per heavy atom. The van der Waals surface area contributed by atoms with Crippen LogP contribution >= 0.6 is 0 Å². The van der Waals surface area contributed by atoms with Crippen molar-refractivity contribution in [1.29, 1.82) is 0 Å². The first kappa shape index (κ1) is 12.1. The van der Waals surface area contributed by atoms with Crippen molar-refractivity contribution in [2.24, 2.45) is 4.99 Å². The number of aromatic amines is 1. The monoisotopic (exact) mass is 270 g/mol. The van der Waals surface area contributed by atoms with Gasteiger partial charge in [0.1, 0.15) is 23.9 Å². The third kappa shape index (κ3) is 2.16. The van der Waals surface area contributed by atoms with E-state index >= 15 is 0 Å². The Balaban J connectivity index is 2.05. The molecular formula is C13H10N4O3. The fourth-order valence-electron chi connectivity index (χ4n) is 1.73. The number of nitrogens with zero attached hydrogens (tertiary/aromatic N) is 3. The number of fused-ring (bicyclic) bond motifs is 1. The second kappa shape index (κ2) is 4.96. The van der Waals surface area contributed by atoms with Crippen molar-refractivity contribution < 1.29 is 9.15 Å². The number of benzene rings is 1. The number of H-pyrrole nitrogens is 1. The van der Waals surface area contributed by atoms with Gasteiger partial charge in [-0.05, 0) is 12.1 Å². The van der Waals surface area contributed by atoms with E-state index in [-0.39, 0.29) is 5.43 Å². The highest BCUT2D eigenvalue weighted by Crippen LogP contribution is 2.18. The van der Waals surface area contributed by atoms with Crippen LogP contribution in [0, 0.1) is 0 Å². The lowest BCUT2D eigenvalue weighted by molar-refractivity contribution is 0.414. The Kier molecular flexibility index (Phi) is 3.00. The van der Waals surface area contributed by atoms with Crippen LogP contribution in [0.5, 0.6) is 5.75 Å². The number of hydrogen-bond donors (Lipinski definition) is 1. The Hall–Kier alpha value is -2.96. The van der Waals surface area contributed by atoms with Crippen LogP contribution in [-0.2, 0) is 0 Å². The van der Waals surface area contributed by atoms with E-state index in [0.29, 0.717) is 28.2 Å². The highest BCUT2D eigenvalue weighted by atomic mass is 16.5. The minimum Gasteiger partial charge on any atom is -0.497 e. The van der Waals surface area contributed by atoms with E-state index in [0.717, 1.165) is 0 Å². The number of nitrogens with one attached hydrogen (secondary N) is 1. The maximum absolute atomic E-state index is 12.2. The molecule has 1 N–H and O–H groups in total. The zero-order valence-corrected chi connectivity index (χ0v) is 10.5. The molecule has 0 saturated carbocycles. The zero-order valence-electron chi connectivity index (χ0n) is 10.5. The van der Waals surface area contributed by atoms with E-state index in [1.165, 1.54) is 18.8 Å². The predicted octanol–water partition coefficient (Wildman–Crippen LogP) is 1.67. The van der Waals surface area contributed by atoms with Crippen LogP contribution in [0.1, 0.15) is 5.56 Å². The van der Waals surface area contributed by atoms with Crippen LogP contribution in [0.3, 0.4) is 0 Å². The maximum Gasteiger partial charge on any atom is 0.245 e. The largest absolute Gasteiger partial charge is 0.497 e. The summed E-state index contributed by atoms with van der Waals surface area (Å²) in [7, 11) is 1.55. The third-order valence-electron chi connectivity index (χ3n) is 2.74. The Bertz CT molecular complexity index is 821. The molecule has 0 spiro atoms. The number of ether oxygens (including phenoxy) is 1. The van der Waals surface area contributed by atoms with Gasteiger partial charge >= 0.3 is 0 Å². The molecule has 2 aromatic heterocycles. The average molecular weight is 270 g/mol. The van der Waals surface area contributed by atoms with Crippen molar-refractivity contribution >= 4 is 23.1 Å². The van der Waals surface area contributed by atoms with Crippen LogP contribution in [-0.4, -0.2) is 28.5 Å². The van der Waals surface area contributed by atoms with Gasteiger partial charge in [0.25, 0.3) is 0 Å². The Morgan fingerprint density at radius 2 is 2.35 bits per heavy atom. The average Bonchev–Trinajstić information content (AvgIpc) is 2.99. The van der Waals surface area contributed by atoms with E-state index in [1.54, 1.807) is 25.3 Å². The molecule has 3 rings (SSSR count). The van der Waals surface area contributed by atoms with Gasteiger partial charge in [0, 0.05) is 12.3 Å². The molecule has 0 aliphatic carbocycles. The normalized spacial score (nSPS) is 11.2. The van der Waals surface area contributed by atoms with Gasteiger partial charge in [-0.1, -0.05) is 0 Å². The molecule has 7 heteroatoms. The standard InChI is InChI=1S/C13H10N4O3/c1-19-9-2-3-10-11(4-9)20-6-8(12(10)18)5-14-13-15-7-16-17-13/h2-7H,1H3,(H,15,16,17)/b14-5+. The molecule has 0 bridgehead atoms. The van der Waals surface area contributed by atoms with Crippen LogP contribution in [0.15, 0.2) is 45.0 Å². The quantitative estimate of drug-likeness (QED) is 0.730. The van der Waals surface area contributed by atoms with Crippen LogP contribution in [0.25, 0.3) is 11.0 Å². The van der Waals surface area contributed by atoms with E-state index in [1.807, 2.05) is 0 Å². The van der Waals surface area contributed by atoms with Crippen LogP contribution < -0.4 is 10.2 Å². The van der Waals surface area contributed by atoms with E-state index in [2.05, 4.69) is 20.2 Å². The Morgan fingerprint density at radius 3 is 3.10 bits per heavy atom. The van der Waals surface area contributed by atoms with Crippen LogP contribution in [0.2, 0.25) is 0 Å². The summed E-state index contributed by atoms with van der Waals surface area (Å²) in [6.07, 6.45) is 4.07. The molecule has 0 atom stereocenters. The molecule has 0 radical (unpaired) electrons. The van der Waals surface area contributed by atoms with Gasteiger partial charge in [-0.25, -0.2) is 10.1 Å². The lowest BCUT2D eigenvalue weighted by Crippen LogP contribution is -2.07. The zero-order chi connectivity index (χ0) is 13.9.